The molecule has 36 heavy (non-hydrogen) atoms. The van der Waals surface area contributed by atoms with Crippen molar-refractivity contribution < 1.29 is 13.9 Å². The van der Waals surface area contributed by atoms with Gasteiger partial charge in [0.15, 0.2) is 11.6 Å². The highest BCUT2D eigenvalue weighted by Gasteiger charge is 2.30. The molecule has 0 bridgehead atoms. The van der Waals surface area contributed by atoms with Gasteiger partial charge >= 0.3 is 0 Å². The first-order valence-corrected chi connectivity index (χ1v) is 13.1. The lowest BCUT2D eigenvalue weighted by Crippen LogP contribution is -2.38. The molecule has 192 valence electrons. The zero-order chi connectivity index (χ0) is 25.1. The monoisotopic (exact) mass is 514 g/mol. The van der Waals surface area contributed by atoms with Crippen molar-refractivity contribution >= 4 is 39.4 Å². The van der Waals surface area contributed by atoms with Crippen LogP contribution in [0.1, 0.15) is 34.0 Å². The Hall–Kier alpha value is -2.96. The quantitative estimate of drug-likeness (QED) is 0.510. The fourth-order valence-electron chi connectivity index (χ4n) is 4.76. The number of fused-ring (bicyclic) bond motifs is 1. The van der Waals surface area contributed by atoms with Gasteiger partial charge in [-0.15, -0.1) is 11.3 Å². The van der Waals surface area contributed by atoms with E-state index >= 15 is 0 Å². The standard InChI is InChI=1S/C24H31FN8O2S/c1-31(2)23(34)20-18(19-22(36-20)28-6-5-26-19)16-3-8-32(9-4-16)10-7-27-21-17(25)15-29-24(30-21)33-11-13-35-14-12-33/h5-6,15-16H,3-4,7-14H2,1-2H3,(H,27,29,30). The van der Waals surface area contributed by atoms with E-state index in [9.17, 15) is 9.18 Å². The van der Waals surface area contributed by atoms with E-state index in [1.165, 1.54) is 17.5 Å². The average Bonchev–Trinajstić information content (AvgIpc) is 3.29. The molecule has 3 aromatic heterocycles. The Kier molecular flexibility index (Phi) is 7.54. The topological polar surface area (TPSA) is 99.6 Å². The molecule has 5 rings (SSSR count). The van der Waals surface area contributed by atoms with E-state index in [0.717, 1.165) is 53.3 Å². The third kappa shape index (κ3) is 5.25. The molecule has 3 aromatic rings. The summed E-state index contributed by atoms with van der Waals surface area (Å²) in [6.07, 6.45) is 6.46. The largest absolute Gasteiger partial charge is 0.378 e. The number of piperidine rings is 1. The van der Waals surface area contributed by atoms with Gasteiger partial charge in [-0.3, -0.25) is 9.78 Å². The molecule has 12 heteroatoms. The number of morpholine rings is 1. The highest BCUT2D eigenvalue weighted by molar-refractivity contribution is 7.20. The summed E-state index contributed by atoms with van der Waals surface area (Å²) in [4.78, 5) is 38.0. The molecular weight excluding hydrogens is 483 g/mol. The number of hydrogen-bond acceptors (Lipinski definition) is 10. The van der Waals surface area contributed by atoms with Crippen LogP contribution in [0.15, 0.2) is 18.6 Å². The first-order valence-electron chi connectivity index (χ1n) is 12.3. The van der Waals surface area contributed by atoms with Gasteiger partial charge in [-0.1, -0.05) is 0 Å². The molecule has 0 unspecified atom stereocenters. The molecule has 0 aromatic carbocycles. The van der Waals surface area contributed by atoms with Crippen LogP contribution >= 0.6 is 11.3 Å². The van der Waals surface area contributed by atoms with Crippen LogP contribution in [-0.4, -0.2) is 102 Å². The Morgan fingerprint density at radius 3 is 2.67 bits per heavy atom. The van der Waals surface area contributed by atoms with Crippen molar-refractivity contribution in [2.75, 3.05) is 76.8 Å². The summed E-state index contributed by atoms with van der Waals surface area (Å²) in [6.45, 7) is 5.79. The molecule has 5 heterocycles. The number of carbonyl (C=O) groups excluding carboxylic acids is 1. The Labute approximate surface area is 213 Å². The van der Waals surface area contributed by atoms with Gasteiger partial charge < -0.3 is 24.8 Å². The van der Waals surface area contributed by atoms with E-state index in [2.05, 4.69) is 30.2 Å². The Morgan fingerprint density at radius 1 is 1.17 bits per heavy atom. The minimum atomic E-state index is -0.450. The second kappa shape index (κ2) is 11.0. The molecule has 2 saturated heterocycles. The van der Waals surface area contributed by atoms with E-state index in [1.807, 2.05) is 4.90 Å². The van der Waals surface area contributed by atoms with Crippen molar-refractivity contribution in [3.8, 4) is 0 Å². The van der Waals surface area contributed by atoms with Gasteiger partial charge in [0, 0.05) is 58.2 Å². The molecule has 2 aliphatic heterocycles. The Balaban J connectivity index is 1.19. The van der Waals surface area contributed by atoms with Crippen LogP contribution in [0.5, 0.6) is 0 Å². The maximum absolute atomic E-state index is 14.3. The lowest BCUT2D eigenvalue weighted by Gasteiger charge is -2.32. The number of nitrogens with one attached hydrogen (secondary N) is 1. The molecule has 2 fully saturated rings. The van der Waals surface area contributed by atoms with E-state index < -0.39 is 5.82 Å². The second-order valence-corrected chi connectivity index (χ2v) is 10.3. The first kappa shape index (κ1) is 24.7. The zero-order valence-electron chi connectivity index (χ0n) is 20.6. The summed E-state index contributed by atoms with van der Waals surface area (Å²) in [7, 11) is 3.55. The fourth-order valence-corrected chi connectivity index (χ4v) is 5.97. The van der Waals surface area contributed by atoms with E-state index in [-0.39, 0.29) is 17.6 Å². The molecule has 0 aliphatic carbocycles. The van der Waals surface area contributed by atoms with Crippen LogP contribution in [0, 0.1) is 5.82 Å². The lowest BCUT2D eigenvalue weighted by molar-refractivity contribution is 0.0830. The van der Waals surface area contributed by atoms with E-state index in [4.69, 9.17) is 4.74 Å². The van der Waals surface area contributed by atoms with Gasteiger partial charge in [0.1, 0.15) is 10.3 Å². The lowest BCUT2D eigenvalue weighted by atomic mass is 9.88. The normalized spacial score (nSPS) is 17.5. The molecule has 0 saturated carbocycles. The third-order valence-corrected chi connectivity index (χ3v) is 7.80. The predicted octanol–water partition coefficient (Wildman–Crippen LogP) is 2.45. The maximum atomic E-state index is 14.3. The minimum Gasteiger partial charge on any atom is -0.378 e. The number of ether oxygens (including phenoxy) is 1. The predicted molar refractivity (Wildman–Crippen MR) is 137 cm³/mol. The highest BCUT2D eigenvalue weighted by Crippen LogP contribution is 2.39. The number of amides is 1. The SMILES string of the molecule is CN(C)C(=O)c1sc2nccnc2c1C1CCN(CCNc2nc(N3CCOCC3)ncc2F)CC1. The number of anilines is 2. The summed E-state index contributed by atoms with van der Waals surface area (Å²) in [6, 6.07) is 0. The van der Waals surface area contributed by atoms with Crippen LogP contribution in [0.3, 0.4) is 0 Å². The van der Waals surface area contributed by atoms with Crippen LogP contribution in [0.2, 0.25) is 0 Å². The van der Waals surface area contributed by atoms with Crippen LogP contribution < -0.4 is 10.2 Å². The van der Waals surface area contributed by atoms with Crippen molar-refractivity contribution in [2.45, 2.75) is 18.8 Å². The number of halogens is 1. The van der Waals surface area contributed by atoms with Crippen molar-refractivity contribution in [2.24, 2.45) is 0 Å². The molecule has 0 spiro atoms. The maximum Gasteiger partial charge on any atom is 0.263 e. The van der Waals surface area contributed by atoms with Crippen molar-refractivity contribution in [3.63, 3.8) is 0 Å². The van der Waals surface area contributed by atoms with Gasteiger partial charge in [-0.2, -0.15) is 4.98 Å². The second-order valence-electron chi connectivity index (χ2n) is 9.26. The molecule has 2 aliphatic rings. The number of likely N-dealkylation sites (tertiary alicyclic amines) is 1. The first-order chi connectivity index (χ1) is 17.5. The number of hydrogen-bond donors (Lipinski definition) is 1. The van der Waals surface area contributed by atoms with Gasteiger partial charge in [0.2, 0.25) is 5.95 Å². The number of thiophene rings is 1. The van der Waals surface area contributed by atoms with Crippen LogP contribution in [0.4, 0.5) is 16.2 Å². The summed E-state index contributed by atoms with van der Waals surface area (Å²) in [5, 5.41) is 3.15. The van der Waals surface area contributed by atoms with E-state index in [1.54, 1.807) is 31.4 Å². The molecule has 1 N–H and O–H groups in total. The van der Waals surface area contributed by atoms with Crippen molar-refractivity contribution in [1.29, 1.82) is 0 Å². The Bertz CT molecular complexity index is 1210. The highest BCUT2D eigenvalue weighted by atomic mass is 32.1. The number of nitrogens with zero attached hydrogens (tertiary/aromatic N) is 7. The molecular formula is C24H31FN8O2S. The third-order valence-electron chi connectivity index (χ3n) is 6.71. The smallest absolute Gasteiger partial charge is 0.263 e. The van der Waals surface area contributed by atoms with Crippen LogP contribution in [-0.2, 0) is 4.74 Å². The van der Waals surface area contributed by atoms with E-state index in [0.29, 0.717) is 38.8 Å². The fraction of sp³-hybridized carbons (Fsp3) is 0.542. The van der Waals surface area contributed by atoms with Gasteiger partial charge in [0.05, 0.1) is 24.3 Å². The van der Waals surface area contributed by atoms with Gasteiger partial charge in [-0.25, -0.2) is 14.4 Å². The van der Waals surface area contributed by atoms with Gasteiger partial charge in [0.25, 0.3) is 5.91 Å². The van der Waals surface area contributed by atoms with Crippen LogP contribution in [0.25, 0.3) is 10.3 Å². The number of aromatic nitrogens is 4. The average molecular weight is 515 g/mol. The van der Waals surface area contributed by atoms with Crippen molar-refractivity contribution in [1.82, 2.24) is 29.7 Å². The summed E-state index contributed by atoms with van der Waals surface area (Å²) >= 11 is 1.43. The molecule has 10 nitrogen and oxygen atoms in total. The Morgan fingerprint density at radius 2 is 1.92 bits per heavy atom. The van der Waals surface area contributed by atoms with Crippen molar-refractivity contribution in [3.05, 3.63) is 34.8 Å². The number of rotatable bonds is 7. The summed E-state index contributed by atoms with van der Waals surface area (Å²) < 4.78 is 19.7. The molecule has 1 amide bonds. The molecule has 0 atom stereocenters. The molecule has 0 radical (unpaired) electrons. The zero-order valence-corrected chi connectivity index (χ0v) is 21.4. The summed E-state index contributed by atoms with van der Waals surface area (Å²) in [5.74, 6) is 0.571. The van der Waals surface area contributed by atoms with Gasteiger partial charge in [-0.05, 0) is 31.8 Å². The minimum absolute atomic E-state index is 0.00440. The number of carbonyl (C=O) groups is 1. The summed E-state index contributed by atoms with van der Waals surface area (Å²) in [5.41, 5.74) is 1.89.